The van der Waals surface area contributed by atoms with Crippen LogP contribution in [0.3, 0.4) is 0 Å². The van der Waals surface area contributed by atoms with Gasteiger partial charge in [0.1, 0.15) is 0 Å². The highest BCUT2D eigenvalue weighted by Gasteiger charge is 2.22. The summed E-state index contributed by atoms with van der Waals surface area (Å²) in [5.74, 6) is 0. The lowest BCUT2D eigenvalue weighted by molar-refractivity contribution is 0.285. The van der Waals surface area contributed by atoms with Crippen LogP contribution in [0.2, 0.25) is 10.6 Å². The van der Waals surface area contributed by atoms with Crippen LogP contribution in [0.15, 0.2) is 0 Å². The Morgan fingerprint density at radius 2 is 1.25 bits per heavy atom. The van der Waals surface area contributed by atoms with Gasteiger partial charge in [0.15, 0.2) is 0 Å². The molecule has 20 heavy (non-hydrogen) atoms. The predicted octanol–water partition coefficient (Wildman–Crippen LogP) is 6.49. The third-order valence-corrected chi connectivity index (χ3v) is 7.47. The summed E-state index contributed by atoms with van der Waals surface area (Å²) >= 11 is -0.710. The molecule has 1 nitrogen and oxygen atoms in total. The van der Waals surface area contributed by atoms with Crippen molar-refractivity contribution >= 4 is 14.5 Å². The van der Waals surface area contributed by atoms with E-state index >= 15 is 0 Å². The lowest BCUT2D eigenvalue weighted by Crippen LogP contribution is -2.22. The average molecular weight is 296 g/mol. The number of unbranched alkanes of at least 4 members (excludes halogenated alkanes) is 11. The summed E-state index contributed by atoms with van der Waals surface area (Å²) in [5.41, 5.74) is 0. The first kappa shape index (κ1) is 18.5. The Hall–Kier alpha value is 0.492. The van der Waals surface area contributed by atoms with Crippen molar-refractivity contribution in [2.45, 2.75) is 107 Å². The van der Waals surface area contributed by atoms with Crippen molar-refractivity contribution in [3.8, 4) is 0 Å². The Labute approximate surface area is 132 Å². The molecule has 1 fully saturated rings. The summed E-state index contributed by atoms with van der Waals surface area (Å²) in [6.07, 6.45) is 20.3. The minimum Gasteiger partial charge on any atom is -0.501 e. The van der Waals surface area contributed by atoms with Crippen molar-refractivity contribution < 1.29 is 3.79 Å². The highest BCUT2D eigenvalue weighted by atomic mass is 27.2. The fourth-order valence-corrected chi connectivity index (χ4v) is 5.86. The molecule has 2 heteroatoms. The zero-order chi connectivity index (χ0) is 14.3. The Bertz CT molecular complexity index is 190. The van der Waals surface area contributed by atoms with Gasteiger partial charge < -0.3 is 3.79 Å². The molecule has 0 aromatic rings. The van der Waals surface area contributed by atoms with E-state index in [1.54, 1.807) is 0 Å². The second kappa shape index (κ2) is 14.4. The van der Waals surface area contributed by atoms with Crippen LogP contribution in [-0.4, -0.2) is 21.1 Å². The average Bonchev–Trinajstić information content (AvgIpc) is 2.49. The lowest BCUT2D eigenvalue weighted by atomic mass is 10.1. The molecule has 0 N–H and O–H groups in total. The van der Waals surface area contributed by atoms with E-state index in [2.05, 4.69) is 6.92 Å². The molecule has 118 valence electrons. The molecule has 1 saturated heterocycles. The molecule has 0 atom stereocenters. The standard InChI is InChI=1S/C14H29.C4H8O.Al/c1-3-5-7-9-11-13-14-12-10-8-6-4-2;1-2-3-4-5;/h1,3-14H2,2H3;1-4H2;/q;-1;+1. The van der Waals surface area contributed by atoms with Gasteiger partial charge in [-0.25, -0.2) is 0 Å². The lowest BCUT2D eigenvalue weighted by Gasteiger charge is -2.17. The molecular formula is C18H37AlO. The zero-order valence-corrected chi connectivity index (χ0v) is 15.2. The topological polar surface area (TPSA) is 9.23 Å². The molecule has 0 aromatic heterocycles. The third-order valence-electron chi connectivity index (χ3n) is 4.65. The highest BCUT2D eigenvalue weighted by molar-refractivity contribution is 6.51. The molecular weight excluding hydrogens is 259 g/mol. The second-order valence-electron chi connectivity index (χ2n) is 6.67. The first-order valence-corrected chi connectivity index (χ1v) is 11.7. The fraction of sp³-hybridized carbons (Fsp3) is 1.00. The van der Waals surface area contributed by atoms with Crippen LogP contribution >= 0.6 is 0 Å². The van der Waals surface area contributed by atoms with Gasteiger partial charge in [-0.2, -0.15) is 0 Å². The van der Waals surface area contributed by atoms with E-state index in [0.717, 1.165) is 6.61 Å². The molecule has 0 aliphatic carbocycles. The van der Waals surface area contributed by atoms with E-state index in [-0.39, 0.29) is 0 Å². The normalized spacial score (nSPS) is 15.8. The molecule has 1 aliphatic heterocycles. The van der Waals surface area contributed by atoms with E-state index < -0.39 is 14.5 Å². The molecule has 0 spiro atoms. The summed E-state index contributed by atoms with van der Waals surface area (Å²) in [5, 5.41) is 2.91. The van der Waals surface area contributed by atoms with Gasteiger partial charge in [-0.3, -0.25) is 0 Å². The van der Waals surface area contributed by atoms with Gasteiger partial charge in [-0.1, -0.05) is 101 Å². The third kappa shape index (κ3) is 11.2. The Morgan fingerprint density at radius 3 is 1.75 bits per heavy atom. The summed E-state index contributed by atoms with van der Waals surface area (Å²) in [7, 11) is 0. The van der Waals surface area contributed by atoms with E-state index in [1.165, 1.54) is 100 Å². The van der Waals surface area contributed by atoms with Gasteiger partial charge >= 0.3 is 14.5 Å². The van der Waals surface area contributed by atoms with Crippen molar-refractivity contribution in [1.29, 1.82) is 0 Å². The number of hydrogen-bond acceptors (Lipinski definition) is 1. The monoisotopic (exact) mass is 296 g/mol. The molecule has 1 rings (SSSR count). The van der Waals surface area contributed by atoms with Gasteiger partial charge in [0.25, 0.3) is 0 Å². The Morgan fingerprint density at radius 1 is 0.700 bits per heavy atom. The largest absolute Gasteiger partial charge is 0.501 e. The maximum atomic E-state index is 5.92. The summed E-state index contributed by atoms with van der Waals surface area (Å²) in [6, 6.07) is 0. The predicted molar refractivity (Wildman–Crippen MR) is 91.6 cm³/mol. The van der Waals surface area contributed by atoms with Crippen LogP contribution in [0.1, 0.15) is 96.8 Å². The number of hydrogen-bond donors (Lipinski definition) is 0. The molecule has 0 saturated carbocycles. The summed E-state index contributed by atoms with van der Waals surface area (Å²) < 4.78 is 5.92. The van der Waals surface area contributed by atoms with E-state index in [1.807, 2.05) is 0 Å². The SMILES string of the molecule is CCCCCCCCCCCCC[CH2][Al]1[CH2]CCC[O]1. The van der Waals surface area contributed by atoms with Crippen LogP contribution in [0, 0.1) is 0 Å². The van der Waals surface area contributed by atoms with Crippen molar-refractivity contribution in [1.82, 2.24) is 0 Å². The Kier molecular flexibility index (Phi) is 13.4. The molecule has 0 bridgehead atoms. The summed E-state index contributed by atoms with van der Waals surface area (Å²) in [6.45, 7) is 3.37. The second-order valence-corrected chi connectivity index (χ2v) is 9.40. The summed E-state index contributed by atoms with van der Waals surface area (Å²) in [4.78, 5) is 0. The van der Waals surface area contributed by atoms with Crippen molar-refractivity contribution in [2.24, 2.45) is 0 Å². The number of rotatable bonds is 13. The first-order chi connectivity index (χ1) is 9.93. The van der Waals surface area contributed by atoms with Crippen LogP contribution < -0.4 is 0 Å². The fourth-order valence-electron chi connectivity index (χ4n) is 3.25. The minimum atomic E-state index is -0.710. The van der Waals surface area contributed by atoms with Crippen LogP contribution in [0.5, 0.6) is 0 Å². The van der Waals surface area contributed by atoms with E-state index in [4.69, 9.17) is 3.79 Å². The maximum absolute atomic E-state index is 5.92. The van der Waals surface area contributed by atoms with Gasteiger partial charge in [0, 0.05) is 6.61 Å². The van der Waals surface area contributed by atoms with Crippen LogP contribution in [0.25, 0.3) is 0 Å². The van der Waals surface area contributed by atoms with Gasteiger partial charge in [-0.15, -0.1) is 0 Å². The quantitative estimate of drug-likeness (QED) is 0.279. The molecule has 0 radical (unpaired) electrons. The highest BCUT2D eigenvalue weighted by Crippen LogP contribution is 2.18. The smallest absolute Gasteiger partial charge is 0.460 e. The van der Waals surface area contributed by atoms with Gasteiger partial charge in [0.2, 0.25) is 0 Å². The molecule has 0 amide bonds. The first-order valence-electron chi connectivity index (χ1n) is 9.55. The minimum absolute atomic E-state index is 0.710. The van der Waals surface area contributed by atoms with Gasteiger partial charge in [-0.05, 0) is 6.42 Å². The van der Waals surface area contributed by atoms with Crippen molar-refractivity contribution in [3.63, 3.8) is 0 Å². The zero-order valence-electron chi connectivity index (χ0n) is 14.0. The van der Waals surface area contributed by atoms with Gasteiger partial charge in [0.05, 0.1) is 0 Å². The Balaban J connectivity index is 1.70. The molecule has 0 aromatic carbocycles. The van der Waals surface area contributed by atoms with Crippen molar-refractivity contribution in [3.05, 3.63) is 0 Å². The molecule has 1 aliphatic rings. The molecule has 0 unspecified atom stereocenters. The van der Waals surface area contributed by atoms with Crippen LogP contribution in [0.4, 0.5) is 0 Å². The van der Waals surface area contributed by atoms with Crippen molar-refractivity contribution in [2.75, 3.05) is 6.61 Å². The maximum Gasteiger partial charge on any atom is 0.460 e. The van der Waals surface area contributed by atoms with Crippen LogP contribution in [-0.2, 0) is 3.79 Å². The molecule has 1 heterocycles. The van der Waals surface area contributed by atoms with E-state index in [9.17, 15) is 0 Å². The van der Waals surface area contributed by atoms with E-state index in [0.29, 0.717) is 0 Å².